The fourth-order valence-electron chi connectivity index (χ4n) is 2.03. The van der Waals surface area contributed by atoms with E-state index in [0.29, 0.717) is 17.8 Å². The van der Waals surface area contributed by atoms with Crippen molar-refractivity contribution in [2.75, 3.05) is 5.32 Å². The molecule has 0 bridgehead atoms. The summed E-state index contributed by atoms with van der Waals surface area (Å²) in [5.74, 6) is 0.530. The molecule has 3 rings (SSSR count). The van der Waals surface area contributed by atoms with Crippen molar-refractivity contribution in [2.24, 2.45) is 0 Å². The van der Waals surface area contributed by atoms with Gasteiger partial charge in [-0.25, -0.2) is 14.4 Å². The van der Waals surface area contributed by atoms with Crippen molar-refractivity contribution in [3.8, 4) is 0 Å². The lowest BCUT2D eigenvalue weighted by molar-refractivity contribution is 0.612. The predicted molar refractivity (Wildman–Crippen MR) is 72.9 cm³/mol. The summed E-state index contributed by atoms with van der Waals surface area (Å²) in [6.07, 6.45) is 3.96. The molecule has 5 heteroatoms. The fourth-order valence-corrected chi connectivity index (χ4v) is 2.03. The second-order valence-electron chi connectivity index (χ2n) is 4.25. The highest BCUT2D eigenvalue weighted by Crippen LogP contribution is 2.23. The van der Waals surface area contributed by atoms with Crippen LogP contribution >= 0.6 is 0 Å². The second kappa shape index (κ2) is 4.68. The Morgan fingerprint density at radius 1 is 1.26 bits per heavy atom. The first kappa shape index (κ1) is 11.6. The number of benzene rings is 1. The minimum Gasteiger partial charge on any atom is -0.346 e. The topological polar surface area (TPSA) is 53.6 Å². The average molecular weight is 256 g/mol. The van der Waals surface area contributed by atoms with Gasteiger partial charge in [0.15, 0.2) is 0 Å². The summed E-state index contributed by atoms with van der Waals surface area (Å²) in [7, 11) is 0. The number of aromatic nitrogens is 3. The van der Waals surface area contributed by atoms with E-state index in [9.17, 15) is 4.39 Å². The highest BCUT2D eigenvalue weighted by Gasteiger charge is 2.06. The van der Waals surface area contributed by atoms with E-state index in [1.165, 1.54) is 12.4 Å². The molecule has 2 aromatic heterocycles. The van der Waals surface area contributed by atoms with Crippen molar-refractivity contribution in [3.05, 3.63) is 48.2 Å². The first-order valence-corrected chi connectivity index (χ1v) is 6.11. The van der Waals surface area contributed by atoms with Crippen molar-refractivity contribution in [1.82, 2.24) is 15.0 Å². The number of nitrogens with one attached hydrogen (secondary N) is 2. The Morgan fingerprint density at radius 3 is 3.00 bits per heavy atom. The molecule has 0 saturated heterocycles. The van der Waals surface area contributed by atoms with Gasteiger partial charge in [-0.15, -0.1) is 0 Å². The molecular weight excluding hydrogens is 243 g/mol. The van der Waals surface area contributed by atoms with Crippen LogP contribution in [0.3, 0.4) is 0 Å². The second-order valence-corrected chi connectivity index (χ2v) is 4.25. The molecule has 4 nitrogen and oxygen atoms in total. The quantitative estimate of drug-likeness (QED) is 0.755. The van der Waals surface area contributed by atoms with Gasteiger partial charge in [0.2, 0.25) is 0 Å². The molecule has 0 atom stereocenters. The summed E-state index contributed by atoms with van der Waals surface area (Å²) in [5.41, 5.74) is 2.28. The van der Waals surface area contributed by atoms with Crippen LogP contribution in [0.4, 0.5) is 15.9 Å². The maximum atomic E-state index is 13.5. The van der Waals surface area contributed by atoms with Gasteiger partial charge >= 0.3 is 0 Å². The van der Waals surface area contributed by atoms with Gasteiger partial charge in [0.05, 0.1) is 5.39 Å². The maximum Gasteiger partial charge on any atom is 0.143 e. The normalized spacial score (nSPS) is 10.8. The molecule has 0 saturated carbocycles. The highest BCUT2D eigenvalue weighted by atomic mass is 19.1. The van der Waals surface area contributed by atoms with Crippen molar-refractivity contribution < 1.29 is 4.39 Å². The van der Waals surface area contributed by atoms with Gasteiger partial charge in [0.25, 0.3) is 0 Å². The van der Waals surface area contributed by atoms with Crippen LogP contribution in [-0.4, -0.2) is 15.0 Å². The third-order valence-corrected chi connectivity index (χ3v) is 3.04. The van der Waals surface area contributed by atoms with Crippen molar-refractivity contribution in [1.29, 1.82) is 0 Å². The van der Waals surface area contributed by atoms with E-state index in [0.717, 1.165) is 16.7 Å². The smallest absolute Gasteiger partial charge is 0.143 e. The Balaban J connectivity index is 1.99. The maximum absolute atomic E-state index is 13.5. The first-order valence-electron chi connectivity index (χ1n) is 6.11. The first-order chi connectivity index (χ1) is 9.28. The molecule has 0 unspecified atom stereocenters. The summed E-state index contributed by atoms with van der Waals surface area (Å²) in [6, 6.07) is 6.88. The van der Waals surface area contributed by atoms with E-state index in [1.807, 2.05) is 19.2 Å². The van der Waals surface area contributed by atoms with Crippen LogP contribution in [0.25, 0.3) is 11.0 Å². The number of aromatic amines is 1. The SMILES string of the molecule is CCc1cc(Nc2ncnc3[nH]ccc23)ccc1F. The molecule has 2 heterocycles. The number of halogens is 1. The number of anilines is 2. The van der Waals surface area contributed by atoms with Gasteiger partial charge in [-0.05, 0) is 36.2 Å². The van der Waals surface area contributed by atoms with Crippen LogP contribution in [0.5, 0.6) is 0 Å². The molecule has 0 aliphatic rings. The minimum absolute atomic E-state index is 0.178. The van der Waals surface area contributed by atoms with E-state index < -0.39 is 0 Å². The summed E-state index contributed by atoms with van der Waals surface area (Å²) >= 11 is 0. The van der Waals surface area contributed by atoms with Gasteiger partial charge in [-0.3, -0.25) is 0 Å². The number of hydrogen-bond donors (Lipinski definition) is 2. The molecule has 0 fully saturated rings. The number of rotatable bonds is 3. The summed E-state index contributed by atoms with van der Waals surface area (Å²) < 4.78 is 13.5. The van der Waals surface area contributed by atoms with Crippen molar-refractivity contribution in [3.63, 3.8) is 0 Å². The number of aryl methyl sites for hydroxylation is 1. The van der Waals surface area contributed by atoms with Gasteiger partial charge in [-0.1, -0.05) is 6.92 Å². The third-order valence-electron chi connectivity index (χ3n) is 3.04. The Morgan fingerprint density at radius 2 is 2.16 bits per heavy atom. The minimum atomic E-state index is -0.178. The van der Waals surface area contributed by atoms with Crippen LogP contribution in [0.2, 0.25) is 0 Å². The number of hydrogen-bond acceptors (Lipinski definition) is 3. The Labute approximate surface area is 109 Å². The largest absolute Gasteiger partial charge is 0.346 e. The fraction of sp³-hybridized carbons (Fsp3) is 0.143. The molecule has 0 aliphatic carbocycles. The standard InChI is InChI=1S/C14H13FN4/c1-2-9-7-10(3-4-12(9)15)19-14-11-5-6-16-13(11)17-8-18-14/h3-8H,2H2,1H3,(H2,16,17,18,19). The van der Waals surface area contributed by atoms with Crippen molar-refractivity contribution >= 4 is 22.5 Å². The lowest BCUT2D eigenvalue weighted by Crippen LogP contribution is -1.97. The van der Waals surface area contributed by atoms with E-state index in [4.69, 9.17) is 0 Å². The lowest BCUT2D eigenvalue weighted by atomic mass is 10.1. The average Bonchev–Trinajstić information content (AvgIpc) is 2.90. The molecule has 0 radical (unpaired) electrons. The third kappa shape index (κ3) is 2.14. The zero-order chi connectivity index (χ0) is 13.2. The number of H-pyrrole nitrogens is 1. The predicted octanol–water partition coefficient (Wildman–Crippen LogP) is 3.40. The van der Waals surface area contributed by atoms with Gasteiger partial charge in [0, 0.05) is 11.9 Å². The molecule has 19 heavy (non-hydrogen) atoms. The van der Waals surface area contributed by atoms with Crippen molar-refractivity contribution in [2.45, 2.75) is 13.3 Å². The summed E-state index contributed by atoms with van der Waals surface area (Å²) in [5, 5.41) is 4.10. The van der Waals surface area contributed by atoms with Crippen LogP contribution in [0, 0.1) is 5.82 Å². The summed E-state index contributed by atoms with van der Waals surface area (Å²) in [6.45, 7) is 1.93. The molecule has 2 N–H and O–H groups in total. The zero-order valence-electron chi connectivity index (χ0n) is 10.4. The van der Waals surface area contributed by atoms with Crippen LogP contribution in [0.1, 0.15) is 12.5 Å². The van der Waals surface area contributed by atoms with Gasteiger partial charge < -0.3 is 10.3 Å². The van der Waals surface area contributed by atoms with E-state index in [-0.39, 0.29) is 5.82 Å². The van der Waals surface area contributed by atoms with Crippen LogP contribution < -0.4 is 5.32 Å². The van der Waals surface area contributed by atoms with Crippen LogP contribution in [-0.2, 0) is 6.42 Å². The Bertz CT molecular complexity index is 720. The molecule has 1 aromatic carbocycles. The molecular formula is C14H13FN4. The number of fused-ring (bicyclic) bond motifs is 1. The Hall–Kier alpha value is -2.43. The van der Waals surface area contributed by atoms with E-state index in [2.05, 4.69) is 20.3 Å². The van der Waals surface area contributed by atoms with Gasteiger partial charge in [-0.2, -0.15) is 0 Å². The van der Waals surface area contributed by atoms with Crippen LogP contribution in [0.15, 0.2) is 36.8 Å². The van der Waals surface area contributed by atoms with Gasteiger partial charge in [0.1, 0.15) is 23.6 Å². The van der Waals surface area contributed by atoms with E-state index in [1.54, 1.807) is 12.1 Å². The molecule has 0 aliphatic heterocycles. The monoisotopic (exact) mass is 256 g/mol. The highest BCUT2D eigenvalue weighted by molar-refractivity contribution is 5.88. The summed E-state index contributed by atoms with van der Waals surface area (Å²) in [4.78, 5) is 11.4. The number of nitrogens with zero attached hydrogens (tertiary/aromatic N) is 2. The lowest BCUT2D eigenvalue weighted by Gasteiger charge is -2.08. The van der Waals surface area contributed by atoms with E-state index >= 15 is 0 Å². The molecule has 0 spiro atoms. The molecule has 3 aromatic rings. The zero-order valence-corrected chi connectivity index (χ0v) is 10.4. The Kier molecular flexibility index (Phi) is 2.87. The molecule has 0 amide bonds. The molecule has 96 valence electrons.